The van der Waals surface area contributed by atoms with E-state index in [1.165, 1.54) is 0 Å². The zero-order valence-electron chi connectivity index (χ0n) is 10.9. The molecule has 3 N–H and O–H groups in total. The highest BCUT2D eigenvalue weighted by Gasteiger charge is 2.14. The first-order valence-corrected chi connectivity index (χ1v) is 5.98. The molecule has 1 unspecified atom stereocenters. The largest absolute Gasteiger partial charge is 0.481 e. The number of carboxylic acid groups (broad SMARTS) is 1. The van der Waals surface area contributed by atoms with Gasteiger partial charge in [0.05, 0.1) is 0 Å². The fourth-order valence-electron chi connectivity index (χ4n) is 1.46. The second kappa shape index (κ2) is 6.18. The van der Waals surface area contributed by atoms with Crippen LogP contribution in [0.15, 0.2) is 6.07 Å². The van der Waals surface area contributed by atoms with Crippen molar-refractivity contribution in [1.29, 1.82) is 0 Å². The first-order valence-electron chi connectivity index (χ1n) is 5.98. The van der Waals surface area contributed by atoms with Gasteiger partial charge in [0.1, 0.15) is 5.69 Å². The van der Waals surface area contributed by atoms with Crippen molar-refractivity contribution in [1.82, 2.24) is 15.5 Å². The lowest BCUT2D eigenvalue weighted by atomic mass is 10.1. The summed E-state index contributed by atoms with van der Waals surface area (Å²) in [5, 5.41) is 18.0. The van der Waals surface area contributed by atoms with Gasteiger partial charge >= 0.3 is 5.97 Å². The molecule has 0 radical (unpaired) electrons. The maximum atomic E-state index is 11.8. The van der Waals surface area contributed by atoms with Crippen LogP contribution in [0, 0.1) is 0 Å². The summed E-state index contributed by atoms with van der Waals surface area (Å²) in [4.78, 5) is 22.2. The third kappa shape index (κ3) is 4.20. The molecule has 1 amide bonds. The number of aromatic nitrogens is 2. The van der Waals surface area contributed by atoms with E-state index >= 15 is 0 Å². The molecule has 18 heavy (non-hydrogen) atoms. The Morgan fingerprint density at radius 3 is 2.61 bits per heavy atom. The quantitative estimate of drug-likeness (QED) is 0.716. The molecule has 0 aliphatic carbocycles. The molecule has 1 aromatic rings. The minimum Gasteiger partial charge on any atom is -0.481 e. The number of amides is 1. The molecule has 0 aliphatic heterocycles. The number of nitrogens with one attached hydrogen (secondary N) is 2. The van der Waals surface area contributed by atoms with Gasteiger partial charge in [-0.15, -0.1) is 0 Å². The molecule has 0 aliphatic rings. The van der Waals surface area contributed by atoms with Crippen molar-refractivity contribution in [3.05, 3.63) is 17.5 Å². The Labute approximate surface area is 106 Å². The normalized spacial score (nSPS) is 12.4. The van der Waals surface area contributed by atoms with E-state index in [9.17, 15) is 9.59 Å². The first-order chi connectivity index (χ1) is 8.40. The van der Waals surface area contributed by atoms with Crippen molar-refractivity contribution < 1.29 is 14.7 Å². The van der Waals surface area contributed by atoms with Crippen molar-refractivity contribution in [3.8, 4) is 0 Å². The number of aliphatic carboxylic acids is 1. The number of aromatic amines is 1. The number of H-pyrrole nitrogens is 1. The third-order valence-electron chi connectivity index (χ3n) is 2.62. The Balaban J connectivity index is 2.51. The van der Waals surface area contributed by atoms with Crippen LogP contribution in [0.2, 0.25) is 0 Å². The fraction of sp³-hybridized carbons (Fsp3) is 0.583. The smallest absolute Gasteiger partial charge is 0.303 e. The second-order valence-corrected chi connectivity index (χ2v) is 4.67. The standard InChI is InChI=1S/C12H19N3O3/c1-7(2)9-6-10(15-14-9)12(18)13-8(3)4-5-11(16)17/h6-8H,4-5H2,1-3H3,(H,13,18)(H,14,15)(H,16,17). The van der Waals surface area contributed by atoms with E-state index in [0.717, 1.165) is 5.69 Å². The van der Waals surface area contributed by atoms with Gasteiger partial charge in [0.25, 0.3) is 5.91 Å². The summed E-state index contributed by atoms with van der Waals surface area (Å²) in [6.07, 6.45) is 0.446. The SMILES string of the molecule is CC(CCC(=O)O)NC(=O)c1cc(C(C)C)[nH]n1. The Bertz CT molecular complexity index is 426. The number of hydrogen-bond acceptors (Lipinski definition) is 3. The number of hydrogen-bond donors (Lipinski definition) is 3. The molecule has 0 saturated heterocycles. The monoisotopic (exact) mass is 253 g/mol. The lowest BCUT2D eigenvalue weighted by Gasteiger charge is -2.11. The molecule has 6 nitrogen and oxygen atoms in total. The predicted octanol–water partition coefficient (Wildman–Crippen LogP) is 1.52. The summed E-state index contributed by atoms with van der Waals surface area (Å²) in [6.45, 7) is 5.78. The average Bonchev–Trinajstić information content (AvgIpc) is 2.75. The minimum atomic E-state index is -0.863. The topological polar surface area (TPSA) is 95.1 Å². The van der Waals surface area contributed by atoms with Crippen LogP contribution in [0.1, 0.15) is 55.7 Å². The molecule has 1 atom stereocenters. The van der Waals surface area contributed by atoms with E-state index in [0.29, 0.717) is 12.1 Å². The van der Waals surface area contributed by atoms with Crippen LogP contribution in [0.4, 0.5) is 0 Å². The Morgan fingerprint density at radius 1 is 1.44 bits per heavy atom. The van der Waals surface area contributed by atoms with Gasteiger partial charge in [0, 0.05) is 18.2 Å². The summed E-state index contributed by atoms with van der Waals surface area (Å²) in [7, 11) is 0. The summed E-state index contributed by atoms with van der Waals surface area (Å²) in [6, 6.07) is 1.52. The molecule has 0 bridgehead atoms. The van der Waals surface area contributed by atoms with E-state index in [-0.39, 0.29) is 24.3 Å². The lowest BCUT2D eigenvalue weighted by Crippen LogP contribution is -2.33. The van der Waals surface area contributed by atoms with E-state index in [4.69, 9.17) is 5.11 Å². The van der Waals surface area contributed by atoms with Crippen molar-refractivity contribution in [2.45, 2.75) is 45.6 Å². The highest BCUT2D eigenvalue weighted by molar-refractivity contribution is 5.92. The average molecular weight is 253 g/mol. The van der Waals surface area contributed by atoms with Crippen molar-refractivity contribution >= 4 is 11.9 Å². The van der Waals surface area contributed by atoms with E-state index in [1.54, 1.807) is 13.0 Å². The summed E-state index contributed by atoms with van der Waals surface area (Å²) >= 11 is 0. The molecule has 100 valence electrons. The van der Waals surface area contributed by atoms with Crippen LogP contribution in [-0.4, -0.2) is 33.2 Å². The number of carboxylic acids is 1. The third-order valence-corrected chi connectivity index (χ3v) is 2.62. The molecule has 0 aromatic carbocycles. The number of carbonyl (C=O) groups is 2. The Hall–Kier alpha value is -1.85. The number of carbonyl (C=O) groups excluding carboxylic acids is 1. The fourth-order valence-corrected chi connectivity index (χ4v) is 1.46. The van der Waals surface area contributed by atoms with Gasteiger partial charge in [-0.05, 0) is 25.3 Å². The zero-order chi connectivity index (χ0) is 13.7. The number of nitrogens with zero attached hydrogens (tertiary/aromatic N) is 1. The summed E-state index contributed by atoms with van der Waals surface area (Å²) in [5.41, 5.74) is 1.24. The van der Waals surface area contributed by atoms with Crippen LogP contribution < -0.4 is 5.32 Å². The van der Waals surface area contributed by atoms with Crippen molar-refractivity contribution in [3.63, 3.8) is 0 Å². The molecule has 1 aromatic heterocycles. The van der Waals surface area contributed by atoms with E-state index in [1.807, 2.05) is 13.8 Å². The van der Waals surface area contributed by atoms with Gasteiger partial charge in [0.2, 0.25) is 0 Å². The van der Waals surface area contributed by atoms with Crippen molar-refractivity contribution in [2.75, 3.05) is 0 Å². The van der Waals surface area contributed by atoms with Gasteiger partial charge in [-0.3, -0.25) is 14.7 Å². The first kappa shape index (κ1) is 14.2. The van der Waals surface area contributed by atoms with Gasteiger partial charge in [-0.1, -0.05) is 13.8 Å². The Morgan fingerprint density at radius 2 is 2.11 bits per heavy atom. The van der Waals surface area contributed by atoms with Gasteiger partial charge in [-0.25, -0.2) is 0 Å². The Kier molecular flexibility index (Phi) is 4.88. The highest BCUT2D eigenvalue weighted by Crippen LogP contribution is 2.12. The van der Waals surface area contributed by atoms with Crippen LogP contribution in [0.25, 0.3) is 0 Å². The summed E-state index contributed by atoms with van der Waals surface area (Å²) in [5.74, 6) is -0.863. The number of rotatable bonds is 6. The van der Waals surface area contributed by atoms with Gasteiger partial charge in [0.15, 0.2) is 0 Å². The highest BCUT2D eigenvalue weighted by atomic mass is 16.4. The van der Waals surface area contributed by atoms with E-state index < -0.39 is 5.97 Å². The predicted molar refractivity (Wildman–Crippen MR) is 66.5 cm³/mol. The maximum Gasteiger partial charge on any atom is 0.303 e. The minimum absolute atomic E-state index is 0.0409. The van der Waals surface area contributed by atoms with Crippen LogP contribution in [0.5, 0.6) is 0 Å². The summed E-state index contributed by atoms with van der Waals surface area (Å²) < 4.78 is 0. The molecule has 0 saturated carbocycles. The van der Waals surface area contributed by atoms with Crippen molar-refractivity contribution in [2.24, 2.45) is 0 Å². The van der Waals surface area contributed by atoms with E-state index in [2.05, 4.69) is 15.5 Å². The van der Waals surface area contributed by atoms with Crippen LogP contribution >= 0.6 is 0 Å². The molecular formula is C12H19N3O3. The molecule has 6 heteroatoms. The zero-order valence-corrected chi connectivity index (χ0v) is 10.9. The maximum absolute atomic E-state index is 11.8. The van der Waals surface area contributed by atoms with Gasteiger partial charge in [-0.2, -0.15) is 5.10 Å². The molecule has 0 spiro atoms. The molecule has 1 heterocycles. The molecule has 0 fully saturated rings. The van der Waals surface area contributed by atoms with Crippen LogP contribution in [-0.2, 0) is 4.79 Å². The molecule has 1 rings (SSSR count). The van der Waals surface area contributed by atoms with Crippen LogP contribution in [0.3, 0.4) is 0 Å². The second-order valence-electron chi connectivity index (χ2n) is 4.67. The van der Waals surface area contributed by atoms with Gasteiger partial charge < -0.3 is 10.4 Å². The molecular weight excluding hydrogens is 234 g/mol. The lowest BCUT2D eigenvalue weighted by molar-refractivity contribution is -0.137.